The van der Waals surface area contributed by atoms with Gasteiger partial charge in [-0.2, -0.15) is 0 Å². The lowest BCUT2D eigenvalue weighted by Gasteiger charge is -2.40. The van der Waals surface area contributed by atoms with Crippen LogP contribution in [0.25, 0.3) is 0 Å². The van der Waals surface area contributed by atoms with Crippen molar-refractivity contribution in [2.24, 2.45) is 0 Å². The average Bonchev–Trinajstić information content (AvgIpc) is 2.46. The van der Waals surface area contributed by atoms with E-state index < -0.39 is 0 Å². The fourth-order valence-electron chi connectivity index (χ4n) is 2.84. The van der Waals surface area contributed by atoms with E-state index in [1.807, 2.05) is 0 Å². The van der Waals surface area contributed by atoms with Gasteiger partial charge < -0.3 is 10.2 Å². The lowest BCUT2D eigenvalue weighted by molar-refractivity contribution is 0.199. The Kier molecular flexibility index (Phi) is 5.87. The molecule has 1 fully saturated rings. The standard InChI is InChI=1S/C16H26BrN3/c1-4-18-11-14-6-7-15(10-16(14)17)20-9-8-19(5-2)13(3)12-20/h6-7,10,13,18H,4-5,8-9,11-12H2,1-3H3. The smallest absolute Gasteiger partial charge is 0.0378 e. The van der Waals surface area contributed by atoms with Crippen LogP contribution in [0.5, 0.6) is 0 Å². The number of hydrogen-bond donors (Lipinski definition) is 1. The van der Waals surface area contributed by atoms with Crippen LogP contribution < -0.4 is 10.2 Å². The largest absolute Gasteiger partial charge is 0.369 e. The summed E-state index contributed by atoms with van der Waals surface area (Å²) in [6, 6.07) is 7.39. The van der Waals surface area contributed by atoms with Gasteiger partial charge in [0.05, 0.1) is 0 Å². The molecule has 0 spiro atoms. The summed E-state index contributed by atoms with van der Waals surface area (Å²) in [6.45, 7) is 13.2. The van der Waals surface area contributed by atoms with Crippen molar-refractivity contribution in [1.29, 1.82) is 0 Å². The van der Waals surface area contributed by atoms with Crippen LogP contribution in [0.2, 0.25) is 0 Å². The first-order valence-corrected chi connectivity index (χ1v) is 8.43. The van der Waals surface area contributed by atoms with Gasteiger partial charge >= 0.3 is 0 Å². The molecule has 1 aliphatic heterocycles. The molecule has 0 aromatic heterocycles. The third kappa shape index (κ3) is 3.74. The maximum Gasteiger partial charge on any atom is 0.0378 e. The molecule has 0 aliphatic carbocycles. The summed E-state index contributed by atoms with van der Waals surface area (Å²) in [5.74, 6) is 0. The zero-order valence-electron chi connectivity index (χ0n) is 12.8. The van der Waals surface area contributed by atoms with E-state index in [0.29, 0.717) is 6.04 Å². The Bertz CT molecular complexity index is 436. The molecule has 2 rings (SSSR count). The fourth-order valence-corrected chi connectivity index (χ4v) is 3.34. The van der Waals surface area contributed by atoms with Crippen molar-refractivity contribution in [2.75, 3.05) is 37.6 Å². The van der Waals surface area contributed by atoms with Gasteiger partial charge in [0.25, 0.3) is 0 Å². The Labute approximate surface area is 131 Å². The fraction of sp³-hybridized carbons (Fsp3) is 0.625. The Balaban J connectivity index is 2.04. The molecule has 0 saturated carbocycles. The van der Waals surface area contributed by atoms with Crippen LogP contribution in [0.3, 0.4) is 0 Å². The molecule has 1 aliphatic rings. The van der Waals surface area contributed by atoms with E-state index in [1.165, 1.54) is 15.7 Å². The Morgan fingerprint density at radius 3 is 2.70 bits per heavy atom. The summed E-state index contributed by atoms with van der Waals surface area (Å²) in [5.41, 5.74) is 2.66. The second kappa shape index (κ2) is 7.43. The molecule has 1 heterocycles. The quantitative estimate of drug-likeness (QED) is 0.889. The number of piperazine rings is 1. The predicted molar refractivity (Wildman–Crippen MR) is 90.4 cm³/mol. The first kappa shape index (κ1) is 15.8. The maximum absolute atomic E-state index is 3.71. The molecule has 1 N–H and O–H groups in total. The summed E-state index contributed by atoms with van der Waals surface area (Å²) in [4.78, 5) is 5.05. The molecule has 112 valence electrons. The van der Waals surface area contributed by atoms with Gasteiger partial charge in [-0.25, -0.2) is 0 Å². The van der Waals surface area contributed by atoms with E-state index in [2.05, 4.69) is 70.0 Å². The summed E-state index contributed by atoms with van der Waals surface area (Å²) in [7, 11) is 0. The van der Waals surface area contributed by atoms with Crippen molar-refractivity contribution < 1.29 is 0 Å². The van der Waals surface area contributed by atoms with Crippen LogP contribution in [0.4, 0.5) is 5.69 Å². The normalized spacial score (nSPS) is 20.4. The van der Waals surface area contributed by atoms with Gasteiger partial charge in [0, 0.05) is 42.4 Å². The first-order valence-electron chi connectivity index (χ1n) is 7.63. The lowest BCUT2D eigenvalue weighted by Crippen LogP contribution is -2.51. The zero-order chi connectivity index (χ0) is 14.5. The molecule has 3 nitrogen and oxygen atoms in total. The minimum absolute atomic E-state index is 0.633. The van der Waals surface area contributed by atoms with E-state index in [0.717, 1.165) is 39.3 Å². The van der Waals surface area contributed by atoms with Gasteiger partial charge in [-0.05, 0) is 37.7 Å². The Morgan fingerprint density at radius 1 is 1.30 bits per heavy atom. The van der Waals surface area contributed by atoms with Gasteiger partial charge in [-0.3, -0.25) is 4.90 Å². The number of anilines is 1. The van der Waals surface area contributed by atoms with Crippen LogP contribution in [-0.2, 0) is 6.54 Å². The number of likely N-dealkylation sites (N-methyl/N-ethyl adjacent to an activating group) is 1. The highest BCUT2D eigenvalue weighted by Crippen LogP contribution is 2.26. The molecule has 1 aromatic carbocycles. The molecule has 1 atom stereocenters. The van der Waals surface area contributed by atoms with Crippen molar-refractivity contribution >= 4 is 21.6 Å². The third-order valence-electron chi connectivity index (χ3n) is 4.14. The minimum Gasteiger partial charge on any atom is -0.369 e. The molecular formula is C16H26BrN3. The Morgan fingerprint density at radius 2 is 2.10 bits per heavy atom. The second-order valence-electron chi connectivity index (χ2n) is 5.48. The zero-order valence-corrected chi connectivity index (χ0v) is 14.4. The topological polar surface area (TPSA) is 18.5 Å². The molecule has 1 aromatic rings. The summed E-state index contributed by atoms with van der Waals surface area (Å²) in [6.07, 6.45) is 0. The molecule has 1 unspecified atom stereocenters. The highest BCUT2D eigenvalue weighted by atomic mass is 79.9. The van der Waals surface area contributed by atoms with Crippen LogP contribution in [0.1, 0.15) is 26.3 Å². The minimum atomic E-state index is 0.633. The first-order chi connectivity index (χ1) is 9.65. The molecule has 0 radical (unpaired) electrons. The summed E-state index contributed by atoms with van der Waals surface area (Å²) in [5, 5.41) is 3.37. The van der Waals surface area contributed by atoms with Gasteiger partial charge in [0.15, 0.2) is 0 Å². The van der Waals surface area contributed by atoms with Gasteiger partial charge in [-0.1, -0.05) is 35.8 Å². The van der Waals surface area contributed by atoms with Crippen LogP contribution in [-0.4, -0.2) is 43.7 Å². The van der Waals surface area contributed by atoms with E-state index in [1.54, 1.807) is 0 Å². The van der Waals surface area contributed by atoms with Crippen molar-refractivity contribution in [3.63, 3.8) is 0 Å². The number of nitrogens with one attached hydrogen (secondary N) is 1. The van der Waals surface area contributed by atoms with Crippen molar-refractivity contribution in [1.82, 2.24) is 10.2 Å². The molecule has 0 amide bonds. The SMILES string of the molecule is CCNCc1ccc(N2CCN(CC)C(C)C2)cc1Br. The van der Waals surface area contributed by atoms with E-state index in [4.69, 9.17) is 0 Å². The van der Waals surface area contributed by atoms with E-state index in [-0.39, 0.29) is 0 Å². The number of halogens is 1. The van der Waals surface area contributed by atoms with Crippen molar-refractivity contribution in [3.8, 4) is 0 Å². The van der Waals surface area contributed by atoms with Crippen LogP contribution in [0, 0.1) is 0 Å². The van der Waals surface area contributed by atoms with Crippen molar-refractivity contribution in [3.05, 3.63) is 28.2 Å². The van der Waals surface area contributed by atoms with Gasteiger partial charge in [-0.15, -0.1) is 0 Å². The molecule has 1 saturated heterocycles. The predicted octanol–water partition coefficient (Wildman–Crippen LogP) is 3.09. The Hall–Kier alpha value is -0.580. The van der Waals surface area contributed by atoms with Gasteiger partial charge in [0.1, 0.15) is 0 Å². The number of hydrogen-bond acceptors (Lipinski definition) is 3. The molecular weight excluding hydrogens is 314 g/mol. The summed E-state index contributed by atoms with van der Waals surface area (Å²) < 4.78 is 1.21. The average molecular weight is 340 g/mol. The number of rotatable bonds is 5. The second-order valence-corrected chi connectivity index (χ2v) is 6.33. The van der Waals surface area contributed by atoms with E-state index >= 15 is 0 Å². The monoisotopic (exact) mass is 339 g/mol. The van der Waals surface area contributed by atoms with Crippen LogP contribution >= 0.6 is 15.9 Å². The van der Waals surface area contributed by atoms with Crippen LogP contribution in [0.15, 0.2) is 22.7 Å². The maximum atomic E-state index is 3.71. The number of nitrogens with zero attached hydrogens (tertiary/aromatic N) is 2. The highest BCUT2D eigenvalue weighted by Gasteiger charge is 2.22. The molecule has 20 heavy (non-hydrogen) atoms. The third-order valence-corrected chi connectivity index (χ3v) is 4.88. The molecule has 0 bridgehead atoms. The lowest BCUT2D eigenvalue weighted by atomic mass is 10.1. The van der Waals surface area contributed by atoms with Crippen molar-refractivity contribution in [2.45, 2.75) is 33.4 Å². The molecule has 4 heteroatoms. The highest BCUT2D eigenvalue weighted by molar-refractivity contribution is 9.10. The summed E-state index contributed by atoms with van der Waals surface area (Å²) >= 11 is 3.71. The van der Waals surface area contributed by atoms with E-state index in [9.17, 15) is 0 Å². The van der Waals surface area contributed by atoms with Gasteiger partial charge in [0.2, 0.25) is 0 Å². The number of benzene rings is 1.